The van der Waals surface area contributed by atoms with E-state index in [1.807, 2.05) is 0 Å². The van der Waals surface area contributed by atoms with E-state index in [9.17, 15) is 26.7 Å². The lowest BCUT2D eigenvalue weighted by atomic mass is 10.2. The maximum Gasteiger partial charge on any atom is 0.422 e. The van der Waals surface area contributed by atoms with Crippen LogP contribution >= 0.6 is 0 Å². The minimum absolute atomic E-state index is 0.0262. The Morgan fingerprint density at radius 3 is 2.45 bits per heavy atom. The number of carbonyl (C=O) groups is 1. The minimum atomic E-state index is -4.49. The summed E-state index contributed by atoms with van der Waals surface area (Å²) in [6, 6.07) is 2.24. The van der Waals surface area contributed by atoms with E-state index in [0.29, 0.717) is 0 Å². The number of halogens is 5. The molecule has 0 fully saturated rings. The van der Waals surface area contributed by atoms with E-state index < -0.39 is 24.8 Å². The number of hydrogen-bond donors (Lipinski definition) is 0. The van der Waals surface area contributed by atoms with Crippen LogP contribution in [0.25, 0.3) is 0 Å². The van der Waals surface area contributed by atoms with Crippen LogP contribution in [0.4, 0.5) is 22.0 Å². The van der Waals surface area contributed by atoms with Gasteiger partial charge in [0, 0.05) is 18.7 Å². The maximum absolute atomic E-state index is 12.1. The zero-order chi connectivity index (χ0) is 16.8. The van der Waals surface area contributed by atoms with Gasteiger partial charge in [0.15, 0.2) is 6.61 Å². The first-order valence-corrected chi connectivity index (χ1v) is 6.02. The van der Waals surface area contributed by atoms with Crippen LogP contribution in [0.3, 0.4) is 0 Å². The van der Waals surface area contributed by atoms with Crippen molar-refractivity contribution < 1.29 is 36.2 Å². The Kier molecular flexibility index (Phi) is 6.26. The molecule has 0 aliphatic carbocycles. The molecule has 122 valence electrons. The van der Waals surface area contributed by atoms with Gasteiger partial charge in [0.05, 0.1) is 12.2 Å². The number of nitrogens with zero attached hydrogens (tertiary/aromatic N) is 1. The van der Waals surface area contributed by atoms with E-state index >= 15 is 0 Å². The monoisotopic (exact) mass is 325 g/mol. The van der Waals surface area contributed by atoms with Crippen molar-refractivity contribution in [2.75, 3.05) is 13.2 Å². The lowest BCUT2D eigenvalue weighted by Gasteiger charge is -2.08. The van der Waals surface area contributed by atoms with Crippen LogP contribution in [-0.4, -0.2) is 30.3 Å². The van der Waals surface area contributed by atoms with E-state index in [-0.39, 0.29) is 30.0 Å². The van der Waals surface area contributed by atoms with Gasteiger partial charge >= 0.3 is 12.1 Å². The normalized spacial score (nSPS) is 11.0. The van der Waals surface area contributed by atoms with E-state index in [1.54, 1.807) is 0 Å². The van der Waals surface area contributed by atoms with Gasteiger partial charge in [-0.15, -0.1) is 0 Å². The second-order valence-corrected chi connectivity index (χ2v) is 4.22. The lowest BCUT2D eigenvalue weighted by molar-refractivity contribution is -0.154. The first kappa shape index (κ1) is 17.9. The molecule has 0 amide bonds. The number of ether oxygens (including phenoxy) is 2. The number of hydrogen-bond acceptors (Lipinski definition) is 4. The fourth-order valence-corrected chi connectivity index (χ4v) is 1.22. The number of aromatic nitrogens is 1. The minimum Gasteiger partial charge on any atom is -0.468 e. The molecule has 22 heavy (non-hydrogen) atoms. The fraction of sp³-hybridized carbons (Fsp3) is 0.385. The second kappa shape index (κ2) is 7.71. The third-order valence-electron chi connectivity index (χ3n) is 2.39. The van der Waals surface area contributed by atoms with Crippen molar-refractivity contribution in [3.63, 3.8) is 0 Å². The van der Waals surface area contributed by atoms with E-state index in [0.717, 1.165) is 12.3 Å². The van der Waals surface area contributed by atoms with Gasteiger partial charge in [-0.05, 0) is 18.6 Å². The van der Waals surface area contributed by atoms with Crippen LogP contribution in [0.5, 0.6) is 5.88 Å². The molecule has 4 nitrogen and oxygen atoms in total. The highest BCUT2D eigenvalue weighted by molar-refractivity contribution is 5.89. The first-order chi connectivity index (χ1) is 10.2. The Morgan fingerprint density at radius 1 is 1.27 bits per heavy atom. The van der Waals surface area contributed by atoms with Crippen molar-refractivity contribution in [2.24, 2.45) is 0 Å². The van der Waals surface area contributed by atoms with Crippen LogP contribution in [0.15, 0.2) is 30.0 Å². The molecule has 0 unspecified atom stereocenters. The van der Waals surface area contributed by atoms with Crippen molar-refractivity contribution in [3.05, 3.63) is 35.5 Å². The van der Waals surface area contributed by atoms with Crippen LogP contribution in [0.2, 0.25) is 0 Å². The molecule has 0 saturated heterocycles. The van der Waals surface area contributed by atoms with Crippen molar-refractivity contribution in [1.29, 1.82) is 0 Å². The summed E-state index contributed by atoms with van der Waals surface area (Å²) in [5.41, 5.74) is -0.219. The molecule has 1 rings (SSSR count). The smallest absolute Gasteiger partial charge is 0.422 e. The number of pyridine rings is 1. The summed E-state index contributed by atoms with van der Waals surface area (Å²) in [4.78, 5) is 15.1. The van der Waals surface area contributed by atoms with Crippen LogP contribution < -0.4 is 4.74 Å². The van der Waals surface area contributed by atoms with Crippen LogP contribution in [0, 0.1) is 0 Å². The Labute approximate surface area is 122 Å². The largest absolute Gasteiger partial charge is 0.468 e. The summed E-state index contributed by atoms with van der Waals surface area (Å²) in [5, 5.41) is 0. The summed E-state index contributed by atoms with van der Waals surface area (Å²) in [6.45, 7) is -0.532. The molecule has 0 N–H and O–H groups in total. The van der Waals surface area contributed by atoms with Gasteiger partial charge < -0.3 is 9.47 Å². The standard InChI is InChI=1S/C13H12F5NO3/c1-8(11(14)15)4-5-21-12(20)9-2-3-10(19-6-9)22-7-13(16,17)18/h2-3,6H,4-5,7H2,1H3. The third kappa shape index (κ3) is 6.51. The lowest BCUT2D eigenvalue weighted by Crippen LogP contribution is -2.19. The van der Waals surface area contributed by atoms with Crippen molar-refractivity contribution in [2.45, 2.75) is 19.5 Å². The second-order valence-electron chi connectivity index (χ2n) is 4.22. The zero-order valence-corrected chi connectivity index (χ0v) is 11.4. The Bertz CT molecular complexity index is 536. The van der Waals surface area contributed by atoms with Crippen molar-refractivity contribution >= 4 is 5.97 Å². The van der Waals surface area contributed by atoms with Gasteiger partial charge in [0.25, 0.3) is 6.08 Å². The first-order valence-electron chi connectivity index (χ1n) is 6.02. The van der Waals surface area contributed by atoms with Crippen molar-refractivity contribution in [1.82, 2.24) is 4.98 Å². The number of rotatable bonds is 6. The molecule has 0 saturated carbocycles. The highest BCUT2D eigenvalue weighted by Crippen LogP contribution is 2.17. The van der Waals surface area contributed by atoms with Crippen LogP contribution in [-0.2, 0) is 4.74 Å². The van der Waals surface area contributed by atoms with Gasteiger partial charge in [0.1, 0.15) is 0 Å². The average Bonchev–Trinajstić information content (AvgIpc) is 2.44. The van der Waals surface area contributed by atoms with E-state index in [4.69, 9.17) is 4.74 Å². The Morgan fingerprint density at radius 2 is 1.95 bits per heavy atom. The number of alkyl halides is 3. The molecule has 0 radical (unpaired) electrons. The summed E-state index contributed by atoms with van der Waals surface area (Å²) in [7, 11) is 0. The molecule has 0 atom stereocenters. The molecule has 0 bridgehead atoms. The Balaban J connectivity index is 2.49. The molecule has 1 aromatic rings. The summed E-state index contributed by atoms with van der Waals surface area (Å²) >= 11 is 0. The zero-order valence-electron chi connectivity index (χ0n) is 11.4. The molecule has 0 aromatic carbocycles. The third-order valence-corrected chi connectivity index (χ3v) is 2.39. The van der Waals surface area contributed by atoms with Gasteiger partial charge in [0.2, 0.25) is 5.88 Å². The van der Waals surface area contributed by atoms with E-state index in [1.165, 1.54) is 13.0 Å². The molecule has 1 heterocycles. The molecule has 0 aliphatic heterocycles. The molecule has 1 aromatic heterocycles. The van der Waals surface area contributed by atoms with Crippen LogP contribution in [0.1, 0.15) is 23.7 Å². The molecular formula is C13H12F5NO3. The number of carbonyl (C=O) groups excluding carboxylic acids is 1. The summed E-state index contributed by atoms with van der Waals surface area (Å²) in [5.74, 6) is -1.12. The SMILES string of the molecule is CC(CCOC(=O)c1ccc(OCC(F)(F)F)nc1)=C(F)F. The van der Waals surface area contributed by atoms with Gasteiger partial charge in [-0.25, -0.2) is 9.78 Å². The molecule has 0 aliphatic rings. The Hall–Kier alpha value is -2.19. The quantitative estimate of drug-likeness (QED) is 0.590. The highest BCUT2D eigenvalue weighted by Gasteiger charge is 2.28. The predicted octanol–water partition coefficient (Wildman–Crippen LogP) is 3.74. The molecule has 0 spiro atoms. The topological polar surface area (TPSA) is 48.4 Å². The molecule has 9 heteroatoms. The van der Waals surface area contributed by atoms with E-state index in [2.05, 4.69) is 9.72 Å². The van der Waals surface area contributed by atoms with Gasteiger partial charge in [-0.1, -0.05) is 0 Å². The van der Waals surface area contributed by atoms with Gasteiger partial charge in [-0.2, -0.15) is 22.0 Å². The maximum atomic E-state index is 12.1. The average molecular weight is 325 g/mol. The van der Waals surface area contributed by atoms with Crippen molar-refractivity contribution in [3.8, 4) is 5.88 Å². The molecular weight excluding hydrogens is 313 g/mol. The fourth-order valence-electron chi connectivity index (χ4n) is 1.22. The summed E-state index contributed by atoms with van der Waals surface area (Å²) < 4.78 is 69.1. The predicted molar refractivity (Wildman–Crippen MR) is 65.6 cm³/mol. The summed E-state index contributed by atoms with van der Waals surface area (Å²) in [6.07, 6.45) is -5.46. The van der Waals surface area contributed by atoms with Gasteiger partial charge in [-0.3, -0.25) is 0 Å². The highest BCUT2D eigenvalue weighted by atomic mass is 19.4. The number of esters is 1.